The number of hydrogen-bond donors (Lipinski definition) is 1. The molecule has 0 aromatic heterocycles. The standard InChI is InChI=1S/C10H8FN3/c11-3-4-14-10-2-1-8(6-12)9(5-10)7-13/h1-2,5,14H,3-4H2. The van der Waals surface area contributed by atoms with E-state index in [-0.39, 0.29) is 6.54 Å². The van der Waals surface area contributed by atoms with E-state index >= 15 is 0 Å². The van der Waals surface area contributed by atoms with Gasteiger partial charge in [-0.3, -0.25) is 0 Å². The van der Waals surface area contributed by atoms with Crippen LogP contribution in [0.25, 0.3) is 0 Å². The molecule has 1 N–H and O–H groups in total. The van der Waals surface area contributed by atoms with E-state index in [0.717, 1.165) is 0 Å². The normalized spacial score (nSPS) is 8.79. The second kappa shape index (κ2) is 4.84. The first-order chi connectivity index (χ1) is 6.81. The van der Waals surface area contributed by atoms with Crippen LogP contribution in [0.3, 0.4) is 0 Å². The molecule has 1 aromatic rings. The molecule has 0 spiro atoms. The summed E-state index contributed by atoms with van der Waals surface area (Å²) < 4.78 is 11.8. The Hall–Kier alpha value is -2.07. The van der Waals surface area contributed by atoms with Crippen LogP contribution in [0.2, 0.25) is 0 Å². The maximum atomic E-state index is 11.8. The van der Waals surface area contributed by atoms with Gasteiger partial charge in [0.1, 0.15) is 18.8 Å². The Balaban J connectivity index is 2.93. The quantitative estimate of drug-likeness (QED) is 0.788. The number of halogens is 1. The minimum absolute atomic E-state index is 0.205. The average molecular weight is 189 g/mol. The minimum atomic E-state index is -0.470. The third-order valence-corrected chi connectivity index (χ3v) is 1.68. The molecule has 70 valence electrons. The highest BCUT2D eigenvalue weighted by molar-refractivity contribution is 5.56. The van der Waals surface area contributed by atoms with Gasteiger partial charge in [0.05, 0.1) is 11.1 Å². The molecule has 1 aromatic carbocycles. The lowest BCUT2D eigenvalue weighted by molar-refractivity contribution is 0.513. The summed E-state index contributed by atoms with van der Waals surface area (Å²) in [7, 11) is 0. The van der Waals surface area contributed by atoms with E-state index in [1.807, 2.05) is 12.1 Å². The molecule has 0 aliphatic heterocycles. The molecule has 0 aliphatic rings. The number of hydrogen-bond acceptors (Lipinski definition) is 3. The summed E-state index contributed by atoms with van der Waals surface area (Å²) in [4.78, 5) is 0. The molecule has 0 heterocycles. The van der Waals surface area contributed by atoms with Gasteiger partial charge in [-0.25, -0.2) is 4.39 Å². The van der Waals surface area contributed by atoms with Gasteiger partial charge in [0, 0.05) is 12.2 Å². The smallest absolute Gasteiger partial charge is 0.107 e. The Bertz CT molecular complexity index is 401. The molecule has 0 aliphatic carbocycles. The van der Waals surface area contributed by atoms with Crippen molar-refractivity contribution in [2.24, 2.45) is 0 Å². The third kappa shape index (κ3) is 2.21. The van der Waals surface area contributed by atoms with E-state index in [2.05, 4.69) is 5.32 Å². The summed E-state index contributed by atoms with van der Waals surface area (Å²) in [5, 5.41) is 20.1. The van der Waals surface area contributed by atoms with Crippen molar-refractivity contribution in [2.75, 3.05) is 18.5 Å². The molecule has 1 rings (SSSR count). The predicted molar refractivity (Wildman–Crippen MR) is 50.3 cm³/mol. The zero-order valence-corrected chi connectivity index (χ0v) is 7.42. The Morgan fingerprint density at radius 3 is 2.50 bits per heavy atom. The molecule has 0 amide bonds. The number of nitriles is 2. The van der Waals surface area contributed by atoms with E-state index in [0.29, 0.717) is 16.8 Å². The van der Waals surface area contributed by atoms with Crippen molar-refractivity contribution in [2.45, 2.75) is 0 Å². The highest BCUT2D eigenvalue weighted by Gasteiger charge is 2.01. The summed E-state index contributed by atoms with van der Waals surface area (Å²) in [6, 6.07) is 8.54. The SMILES string of the molecule is N#Cc1ccc(NCCF)cc1C#N. The van der Waals surface area contributed by atoms with E-state index in [9.17, 15) is 4.39 Å². The largest absolute Gasteiger partial charge is 0.382 e. The first-order valence-electron chi connectivity index (χ1n) is 4.06. The van der Waals surface area contributed by atoms with Gasteiger partial charge < -0.3 is 5.32 Å². The van der Waals surface area contributed by atoms with Crippen LogP contribution in [-0.2, 0) is 0 Å². The summed E-state index contributed by atoms with van der Waals surface area (Å²) in [6.45, 7) is -0.265. The third-order valence-electron chi connectivity index (χ3n) is 1.68. The number of anilines is 1. The number of alkyl halides is 1. The molecule has 0 bridgehead atoms. The van der Waals surface area contributed by atoms with E-state index in [4.69, 9.17) is 10.5 Å². The van der Waals surface area contributed by atoms with Gasteiger partial charge in [-0.05, 0) is 18.2 Å². The first-order valence-corrected chi connectivity index (χ1v) is 4.06. The van der Waals surface area contributed by atoms with Gasteiger partial charge >= 0.3 is 0 Å². The topological polar surface area (TPSA) is 59.6 Å². The number of nitrogens with zero attached hydrogens (tertiary/aromatic N) is 2. The second-order valence-electron chi connectivity index (χ2n) is 2.60. The van der Waals surface area contributed by atoms with Crippen molar-refractivity contribution in [3.8, 4) is 12.1 Å². The number of rotatable bonds is 3. The minimum Gasteiger partial charge on any atom is -0.382 e. The average Bonchev–Trinajstić information content (AvgIpc) is 2.25. The molecule has 14 heavy (non-hydrogen) atoms. The van der Waals surface area contributed by atoms with Crippen LogP contribution >= 0.6 is 0 Å². The van der Waals surface area contributed by atoms with Crippen LogP contribution in [0, 0.1) is 22.7 Å². The van der Waals surface area contributed by atoms with Crippen molar-refractivity contribution in [3.05, 3.63) is 29.3 Å². The Morgan fingerprint density at radius 1 is 1.21 bits per heavy atom. The maximum Gasteiger partial charge on any atom is 0.107 e. The van der Waals surface area contributed by atoms with E-state index < -0.39 is 6.67 Å². The lowest BCUT2D eigenvalue weighted by Crippen LogP contribution is -2.03. The highest BCUT2D eigenvalue weighted by Crippen LogP contribution is 2.14. The van der Waals surface area contributed by atoms with Gasteiger partial charge in [0.15, 0.2) is 0 Å². The first kappa shape index (κ1) is 10.0. The molecule has 0 atom stereocenters. The summed E-state index contributed by atoms with van der Waals surface area (Å²) >= 11 is 0. The lowest BCUT2D eigenvalue weighted by atomic mass is 10.1. The highest BCUT2D eigenvalue weighted by atomic mass is 19.1. The zero-order valence-electron chi connectivity index (χ0n) is 7.42. The summed E-state index contributed by atoms with van der Waals surface area (Å²) in [5.41, 5.74) is 1.29. The van der Waals surface area contributed by atoms with Gasteiger partial charge in [-0.15, -0.1) is 0 Å². The van der Waals surface area contributed by atoms with Crippen LogP contribution in [0.1, 0.15) is 11.1 Å². The Labute approximate surface area is 81.4 Å². The Kier molecular flexibility index (Phi) is 3.46. The van der Waals surface area contributed by atoms with Crippen LogP contribution in [-0.4, -0.2) is 13.2 Å². The van der Waals surface area contributed by atoms with Crippen molar-refractivity contribution in [1.82, 2.24) is 0 Å². The summed E-state index contributed by atoms with van der Waals surface area (Å²) in [6.07, 6.45) is 0. The summed E-state index contributed by atoms with van der Waals surface area (Å²) in [5.74, 6) is 0. The monoisotopic (exact) mass is 189 g/mol. The molecule has 0 fully saturated rings. The van der Waals surface area contributed by atoms with E-state index in [1.165, 1.54) is 6.07 Å². The van der Waals surface area contributed by atoms with E-state index in [1.54, 1.807) is 12.1 Å². The second-order valence-corrected chi connectivity index (χ2v) is 2.60. The van der Waals surface area contributed by atoms with Crippen molar-refractivity contribution in [3.63, 3.8) is 0 Å². The lowest BCUT2D eigenvalue weighted by Gasteiger charge is -2.03. The molecule has 0 saturated heterocycles. The molecule has 0 radical (unpaired) electrons. The van der Waals surface area contributed by atoms with Crippen LogP contribution < -0.4 is 5.32 Å². The van der Waals surface area contributed by atoms with Crippen LogP contribution in [0.4, 0.5) is 10.1 Å². The van der Waals surface area contributed by atoms with Crippen molar-refractivity contribution in [1.29, 1.82) is 10.5 Å². The molecule has 0 saturated carbocycles. The molecule has 3 nitrogen and oxygen atoms in total. The van der Waals surface area contributed by atoms with Gasteiger partial charge in [0.25, 0.3) is 0 Å². The number of benzene rings is 1. The number of nitrogens with one attached hydrogen (secondary N) is 1. The zero-order chi connectivity index (χ0) is 10.4. The van der Waals surface area contributed by atoms with Crippen LogP contribution in [0.15, 0.2) is 18.2 Å². The fourth-order valence-electron chi connectivity index (χ4n) is 1.04. The predicted octanol–water partition coefficient (Wildman–Crippen LogP) is 1.81. The molecule has 0 unspecified atom stereocenters. The van der Waals surface area contributed by atoms with Gasteiger partial charge in [-0.1, -0.05) is 0 Å². The van der Waals surface area contributed by atoms with Crippen molar-refractivity contribution >= 4 is 5.69 Å². The fraction of sp³-hybridized carbons (Fsp3) is 0.200. The van der Waals surface area contributed by atoms with Gasteiger partial charge in [0.2, 0.25) is 0 Å². The Morgan fingerprint density at radius 2 is 1.93 bits per heavy atom. The fourth-order valence-corrected chi connectivity index (χ4v) is 1.04. The van der Waals surface area contributed by atoms with Gasteiger partial charge in [-0.2, -0.15) is 10.5 Å². The molecular formula is C10H8FN3. The van der Waals surface area contributed by atoms with Crippen LogP contribution in [0.5, 0.6) is 0 Å². The maximum absolute atomic E-state index is 11.8. The van der Waals surface area contributed by atoms with Crippen molar-refractivity contribution < 1.29 is 4.39 Å². The molecular weight excluding hydrogens is 181 g/mol. The molecule has 4 heteroatoms.